The van der Waals surface area contributed by atoms with E-state index in [1.54, 1.807) is 0 Å². The van der Waals surface area contributed by atoms with Crippen molar-refractivity contribution in [1.29, 1.82) is 0 Å². The van der Waals surface area contributed by atoms with Crippen molar-refractivity contribution in [3.63, 3.8) is 0 Å². The molecule has 0 radical (unpaired) electrons. The summed E-state index contributed by atoms with van der Waals surface area (Å²) in [5.74, 6) is 0. The van der Waals surface area contributed by atoms with Crippen LogP contribution in [0.1, 0.15) is 0 Å². The molecule has 0 aliphatic carbocycles. The molecule has 0 heterocycles. The third-order valence-corrected chi connectivity index (χ3v) is 0. The second kappa shape index (κ2) is 40.6. The summed E-state index contributed by atoms with van der Waals surface area (Å²) >= 11 is 0. The van der Waals surface area contributed by atoms with Gasteiger partial charge in [-0.15, -0.1) is 37.2 Å². The molecule has 1 N–H and O–H groups in total. The predicted octanol–water partition coefficient (Wildman–Crippen LogP) is 1.10. The normalized spacial score (nSPS) is 3.00. The van der Waals surface area contributed by atoms with Crippen molar-refractivity contribution in [1.82, 2.24) is 5.32 Å². The van der Waals surface area contributed by atoms with Crippen LogP contribution in [0.15, 0.2) is 0 Å². The maximum absolute atomic E-state index is 2.75. The highest BCUT2D eigenvalue weighted by Gasteiger charge is 1.25. The molecule has 0 saturated heterocycles. The first-order valence-corrected chi connectivity index (χ1v) is 1.00. The molecule has 0 rings (SSSR count). The Hall–Kier alpha value is 0.830. The van der Waals surface area contributed by atoms with Gasteiger partial charge in [-0.2, -0.15) is 0 Å². The summed E-state index contributed by atoms with van der Waals surface area (Å²) in [6.07, 6.45) is 0. The van der Waals surface area contributed by atoms with Crippen molar-refractivity contribution in [2.75, 3.05) is 14.1 Å². The van der Waals surface area contributed by atoms with Crippen molar-refractivity contribution in [2.24, 2.45) is 0 Å². The summed E-state index contributed by atoms with van der Waals surface area (Å²) in [5, 5.41) is 2.75. The SMILES string of the molecule is CNC.Cl.Cl.Cl. The maximum Gasteiger partial charge on any atom is -0.0167 e. The zero-order valence-electron chi connectivity index (χ0n) is 3.72. The Morgan fingerprint density at radius 1 is 0.833 bits per heavy atom. The Kier molecular flexibility index (Phi) is 196. The van der Waals surface area contributed by atoms with Crippen LogP contribution in [0.2, 0.25) is 0 Å². The number of hydrogen-bond acceptors (Lipinski definition) is 1. The summed E-state index contributed by atoms with van der Waals surface area (Å²) in [5.41, 5.74) is 0. The first-order valence-electron chi connectivity index (χ1n) is 1.00. The summed E-state index contributed by atoms with van der Waals surface area (Å²) in [4.78, 5) is 0. The fourth-order valence-corrected chi connectivity index (χ4v) is 0. The minimum atomic E-state index is 0. The van der Waals surface area contributed by atoms with E-state index in [1.165, 1.54) is 0 Å². The Balaban J connectivity index is -0.00000000667. The Morgan fingerprint density at radius 3 is 0.833 bits per heavy atom. The summed E-state index contributed by atoms with van der Waals surface area (Å²) < 4.78 is 0. The van der Waals surface area contributed by atoms with Crippen molar-refractivity contribution in [2.45, 2.75) is 0 Å². The van der Waals surface area contributed by atoms with Crippen molar-refractivity contribution in [3.05, 3.63) is 0 Å². The van der Waals surface area contributed by atoms with E-state index in [-0.39, 0.29) is 37.2 Å². The van der Waals surface area contributed by atoms with Crippen molar-refractivity contribution < 1.29 is 0 Å². The van der Waals surface area contributed by atoms with Crippen LogP contribution in [0, 0.1) is 0 Å². The second-order valence-corrected chi connectivity index (χ2v) is 0.500. The first kappa shape index (κ1) is 29.0. The molecule has 6 heavy (non-hydrogen) atoms. The average Bonchev–Trinajstić information content (AvgIpc) is 0.918. The molecule has 44 valence electrons. The summed E-state index contributed by atoms with van der Waals surface area (Å²) in [6.45, 7) is 0. The first-order chi connectivity index (χ1) is 1.41. The highest BCUT2D eigenvalue weighted by molar-refractivity contribution is 5.86. The van der Waals surface area contributed by atoms with Crippen molar-refractivity contribution in [3.8, 4) is 0 Å². The minimum Gasteiger partial charge on any atom is -0.323 e. The topological polar surface area (TPSA) is 12.0 Å². The number of rotatable bonds is 0. The molecule has 0 unspecified atom stereocenters. The van der Waals surface area contributed by atoms with Gasteiger partial charge in [0.25, 0.3) is 0 Å². The number of nitrogens with one attached hydrogen (secondary N) is 1. The van der Waals surface area contributed by atoms with Crippen LogP contribution >= 0.6 is 37.2 Å². The molecule has 0 aromatic rings. The molecule has 0 amide bonds. The van der Waals surface area contributed by atoms with Crippen molar-refractivity contribution >= 4 is 37.2 Å². The molecule has 0 atom stereocenters. The average molecular weight is 154 g/mol. The molecule has 4 heteroatoms. The van der Waals surface area contributed by atoms with Gasteiger partial charge in [-0.05, 0) is 14.1 Å². The van der Waals surface area contributed by atoms with Crippen LogP contribution < -0.4 is 5.32 Å². The van der Waals surface area contributed by atoms with Crippen LogP contribution in [-0.2, 0) is 0 Å². The van der Waals surface area contributed by atoms with E-state index in [4.69, 9.17) is 0 Å². The third-order valence-electron chi connectivity index (χ3n) is 0. The van der Waals surface area contributed by atoms with E-state index < -0.39 is 0 Å². The fraction of sp³-hybridized carbons (Fsp3) is 1.00. The molecule has 0 aliphatic rings. The van der Waals surface area contributed by atoms with Gasteiger partial charge in [-0.25, -0.2) is 0 Å². The Morgan fingerprint density at radius 2 is 0.833 bits per heavy atom. The van der Waals surface area contributed by atoms with Gasteiger partial charge in [0.05, 0.1) is 0 Å². The standard InChI is InChI=1S/C2H7N.3ClH/c1-3-2;;;/h3H,1-2H3;3*1H. The molecule has 0 aromatic carbocycles. The smallest absolute Gasteiger partial charge is 0.0167 e. The van der Waals surface area contributed by atoms with Crippen LogP contribution in [0.5, 0.6) is 0 Å². The van der Waals surface area contributed by atoms with Crippen LogP contribution in [0.25, 0.3) is 0 Å². The molecule has 0 fully saturated rings. The van der Waals surface area contributed by atoms with Gasteiger partial charge < -0.3 is 5.32 Å². The molecule has 0 aliphatic heterocycles. The van der Waals surface area contributed by atoms with Crippen LogP contribution in [0.4, 0.5) is 0 Å². The van der Waals surface area contributed by atoms with E-state index in [0.717, 1.165) is 0 Å². The summed E-state index contributed by atoms with van der Waals surface area (Å²) in [6, 6.07) is 0. The van der Waals surface area contributed by atoms with Gasteiger partial charge >= 0.3 is 0 Å². The predicted molar refractivity (Wildman–Crippen MR) is 36.7 cm³/mol. The van der Waals surface area contributed by atoms with Gasteiger partial charge in [0, 0.05) is 0 Å². The van der Waals surface area contributed by atoms with E-state index in [2.05, 4.69) is 5.32 Å². The third kappa shape index (κ3) is 103. The Bertz CT molecular complexity index is 8.75. The summed E-state index contributed by atoms with van der Waals surface area (Å²) in [7, 11) is 3.75. The maximum atomic E-state index is 2.75. The lowest BCUT2D eigenvalue weighted by molar-refractivity contribution is 1.02. The molecular weight excluding hydrogens is 144 g/mol. The van der Waals surface area contributed by atoms with E-state index >= 15 is 0 Å². The van der Waals surface area contributed by atoms with Gasteiger partial charge in [0.2, 0.25) is 0 Å². The molecule has 0 aromatic heterocycles. The lowest BCUT2D eigenvalue weighted by Crippen LogP contribution is -1.89. The monoisotopic (exact) mass is 153 g/mol. The van der Waals surface area contributed by atoms with E-state index in [9.17, 15) is 0 Å². The van der Waals surface area contributed by atoms with Crippen LogP contribution in [-0.4, -0.2) is 14.1 Å². The zero-order valence-corrected chi connectivity index (χ0v) is 6.17. The van der Waals surface area contributed by atoms with Gasteiger partial charge in [-0.3, -0.25) is 0 Å². The highest BCUT2D eigenvalue weighted by atomic mass is 35.5. The van der Waals surface area contributed by atoms with E-state index in [1.807, 2.05) is 14.1 Å². The fourth-order valence-electron chi connectivity index (χ4n) is 0. The largest absolute Gasteiger partial charge is 0.323 e. The van der Waals surface area contributed by atoms with E-state index in [0.29, 0.717) is 0 Å². The molecule has 0 saturated carbocycles. The lowest BCUT2D eigenvalue weighted by Gasteiger charge is -1.59. The minimum absolute atomic E-state index is 0. The number of halogens is 3. The highest BCUT2D eigenvalue weighted by Crippen LogP contribution is 0.981. The second-order valence-electron chi connectivity index (χ2n) is 0.500. The van der Waals surface area contributed by atoms with Gasteiger partial charge in [0.15, 0.2) is 0 Å². The Labute approximate surface area is 57.1 Å². The molecule has 1 nitrogen and oxygen atoms in total. The lowest BCUT2D eigenvalue weighted by atomic mass is 11.3. The van der Waals surface area contributed by atoms with Crippen LogP contribution in [0.3, 0.4) is 0 Å². The number of hydrogen-bond donors (Lipinski definition) is 1. The van der Waals surface area contributed by atoms with Gasteiger partial charge in [-0.1, -0.05) is 0 Å². The molecular formula is C2H10Cl3N. The zero-order chi connectivity index (χ0) is 2.71. The molecule has 0 spiro atoms. The van der Waals surface area contributed by atoms with Gasteiger partial charge in [0.1, 0.15) is 0 Å². The quantitative estimate of drug-likeness (QED) is 0.551. The molecule has 0 bridgehead atoms.